The van der Waals surface area contributed by atoms with Gasteiger partial charge in [0.05, 0.1) is 12.6 Å². The Morgan fingerprint density at radius 3 is 2.70 bits per heavy atom. The lowest BCUT2D eigenvalue weighted by atomic mass is 9.82. The number of carbonyl (C=O) groups is 2. The summed E-state index contributed by atoms with van der Waals surface area (Å²) in [4.78, 5) is 26.7. The number of ether oxygens (including phenoxy) is 1. The van der Waals surface area contributed by atoms with E-state index in [1.807, 2.05) is 6.92 Å². The van der Waals surface area contributed by atoms with E-state index >= 15 is 0 Å². The molecule has 5 atom stereocenters. The van der Waals surface area contributed by atoms with Crippen molar-refractivity contribution in [3.8, 4) is 0 Å². The summed E-state index contributed by atoms with van der Waals surface area (Å²) in [7, 11) is 0. The second-order valence-corrected chi connectivity index (χ2v) is 9.89. The van der Waals surface area contributed by atoms with Crippen LogP contribution in [0.4, 0.5) is 0 Å². The molecule has 1 saturated carbocycles. The summed E-state index contributed by atoms with van der Waals surface area (Å²) < 4.78 is 5.44. The molecule has 0 aromatic heterocycles. The maximum absolute atomic E-state index is 12.4. The van der Waals surface area contributed by atoms with Crippen LogP contribution in [0.15, 0.2) is 10.6 Å². The first kappa shape index (κ1) is 18.0. The molecule has 4 fully saturated rings. The van der Waals surface area contributed by atoms with E-state index in [0.29, 0.717) is 23.9 Å². The lowest BCUT2D eigenvalue weighted by Gasteiger charge is -2.43. The van der Waals surface area contributed by atoms with Crippen molar-refractivity contribution in [3.63, 3.8) is 0 Å². The van der Waals surface area contributed by atoms with E-state index in [0.717, 1.165) is 37.3 Å². The Morgan fingerprint density at radius 1 is 1.30 bits per heavy atom. The van der Waals surface area contributed by atoms with Crippen molar-refractivity contribution in [2.45, 2.75) is 68.0 Å². The van der Waals surface area contributed by atoms with Crippen molar-refractivity contribution >= 4 is 23.6 Å². The first-order valence-corrected chi connectivity index (χ1v) is 11.0. The lowest BCUT2D eigenvalue weighted by molar-refractivity contribution is -0.158. The molecule has 3 N–H and O–H groups in total. The van der Waals surface area contributed by atoms with Crippen LogP contribution in [0.1, 0.15) is 39.0 Å². The largest absolute Gasteiger partial charge is 0.477 e. The van der Waals surface area contributed by atoms with Crippen molar-refractivity contribution in [1.82, 2.24) is 15.5 Å². The Balaban J connectivity index is 1.26. The van der Waals surface area contributed by atoms with Gasteiger partial charge in [0.25, 0.3) is 5.91 Å². The van der Waals surface area contributed by atoms with Gasteiger partial charge < -0.3 is 20.5 Å². The van der Waals surface area contributed by atoms with E-state index in [-0.39, 0.29) is 23.6 Å². The van der Waals surface area contributed by atoms with E-state index in [1.165, 1.54) is 17.7 Å². The van der Waals surface area contributed by atoms with Crippen molar-refractivity contribution in [2.24, 2.45) is 5.92 Å². The van der Waals surface area contributed by atoms with E-state index < -0.39 is 11.6 Å². The molecule has 0 bridgehead atoms. The fraction of sp³-hybridized carbons (Fsp3) is 0.789. The number of nitrogens with zero attached hydrogens (tertiary/aromatic N) is 1. The highest BCUT2D eigenvalue weighted by Crippen LogP contribution is 2.58. The molecule has 5 aliphatic rings. The van der Waals surface area contributed by atoms with Gasteiger partial charge in [-0.15, -0.1) is 11.8 Å². The number of hydrogen-bond acceptors (Lipinski definition) is 6. The maximum Gasteiger partial charge on any atom is 0.353 e. The normalized spacial score (nSPS) is 41.2. The van der Waals surface area contributed by atoms with Crippen molar-refractivity contribution in [1.29, 1.82) is 0 Å². The van der Waals surface area contributed by atoms with Gasteiger partial charge in [-0.05, 0) is 45.2 Å². The topological polar surface area (TPSA) is 94.2 Å². The monoisotopic (exact) mass is 393 g/mol. The van der Waals surface area contributed by atoms with Crippen LogP contribution in [0.25, 0.3) is 0 Å². The quantitative estimate of drug-likeness (QED) is 0.472. The Kier molecular flexibility index (Phi) is 4.31. The number of fused-ring (bicyclic) bond motifs is 2. The predicted octanol–water partition coefficient (Wildman–Crippen LogP) is 0.908. The standard InChI is InChI=1S/C19H27N3O4S/c1-10-15(14(17(23)24)22-16(10)19(9-26-19)18(22)25)27-13-3-2-12(8-13)21-11-4-6-20-7-5-11/h10-13,16,20-21H,2-9H2,1H3,(H,23,24). The molecule has 0 aromatic rings. The molecule has 5 unspecified atom stereocenters. The summed E-state index contributed by atoms with van der Waals surface area (Å²) in [6.07, 6.45) is 5.67. The summed E-state index contributed by atoms with van der Waals surface area (Å²) in [6.45, 7) is 4.66. The highest BCUT2D eigenvalue weighted by atomic mass is 32.2. The van der Waals surface area contributed by atoms with Gasteiger partial charge in [-0.25, -0.2) is 4.79 Å². The summed E-state index contributed by atoms with van der Waals surface area (Å²) in [5.41, 5.74) is -0.504. The summed E-state index contributed by atoms with van der Waals surface area (Å²) in [5, 5.41) is 17.4. The molecule has 1 spiro atoms. The number of carboxylic acids is 1. The smallest absolute Gasteiger partial charge is 0.353 e. The highest BCUT2D eigenvalue weighted by Gasteiger charge is 2.76. The molecular weight excluding hydrogens is 366 g/mol. The predicted molar refractivity (Wildman–Crippen MR) is 101 cm³/mol. The Bertz CT molecular complexity index is 701. The molecule has 1 amide bonds. The minimum Gasteiger partial charge on any atom is -0.477 e. The second kappa shape index (κ2) is 6.47. The number of piperidine rings is 1. The van der Waals surface area contributed by atoms with E-state index in [1.54, 1.807) is 11.8 Å². The molecule has 4 aliphatic heterocycles. The number of aliphatic carboxylic acids is 1. The SMILES string of the molecule is CC1C(SC2CCC(NC3CCNCC3)C2)=C(C(=O)O)N2C(=O)C3(CO3)C12. The second-order valence-electron chi connectivity index (χ2n) is 8.55. The zero-order valence-electron chi connectivity index (χ0n) is 15.6. The minimum atomic E-state index is -0.988. The number of β-lactam (4-membered cyclic amide) rings is 1. The van der Waals surface area contributed by atoms with E-state index in [9.17, 15) is 14.7 Å². The van der Waals surface area contributed by atoms with Crippen LogP contribution in [-0.2, 0) is 14.3 Å². The molecular formula is C19H27N3O4S. The molecule has 0 aromatic carbocycles. The summed E-state index contributed by atoms with van der Waals surface area (Å²) in [6, 6.07) is 1.00. The Morgan fingerprint density at radius 2 is 2.04 bits per heavy atom. The zero-order chi connectivity index (χ0) is 18.8. The lowest BCUT2D eigenvalue weighted by Crippen LogP contribution is -2.67. The van der Waals surface area contributed by atoms with Crippen LogP contribution in [0.5, 0.6) is 0 Å². The number of carboxylic acid groups (broad SMARTS) is 1. The van der Waals surface area contributed by atoms with Gasteiger partial charge in [-0.2, -0.15) is 0 Å². The number of rotatable bonds is 5. The molecule has 1 aliphatic carbocycles. The van der Waals surface area contributed by atoms with Crippen LogP contribution in [0, 0.1) is 5.92 Å². The molecule has 5 rings (SSSR count). The fourth-order valence-electron chi connectivity index (χ4n) is 5.39. The van der Waals surface area contributed by atoms with Crippen LogP contribution >= 0.6 is 11.8 Å². The van der Waals surface area contributed by atoms with Gasteiger partial charge in [0.15, 0.2) is 5.60 Å². The summed E-state index contributed by atoms with van der Waals surface area (Å²) in [5.74, 6) is -1.11. The Labute approximate surface area is 163 Å². The Hall–Kier alpha value is -1.09. The molecule has 8 heteroatoms. The molecule has 27 heavy (non-hydrogen) atoms. The van der Waals surface area contributed by atoms with E-state index in [4.69, 9.17) is 4.74 Å². The average molecular weight is 394 g/mol. The average Bonchev–Trinajstić information content (AvgIpc) is 3.30. The molecule has 148 valence electrons. The molecule has 0 radical (unpaired) electrons. The van der Waals surface area contributed by atoms with E-state index in [2.05, 4.69) is 10.6 Å². The third-order valence-corrected chi connectivity index (χ3v) is 8.43. The van der Waals surface area contributed by atoms with Crippen molar-refractivity contribution in [3.05, 3.63) is 10.6 Å². The third-order valence-electron chi connectivity index (χ3n) is 6.84. The molecule has 4 heterocycles. The van der Waals surface area contributed by atoms with Crippen LogP contribution in [0.2, 0.25) is 0 Å². The first-order chi connectivity index (χ1) is 13.0. The van der Waals surface area contributed by atoms with Gasteiger partial charge in [-0.1, -0.05) is 6.92 Å². The third kappa shape index (κ3) is 2.75. The number of hydrogen-bond donors (Lipinski definition) is 3. The maximum atomic E-state index is 12.4. The summed E-state index contributed by atoms with van der Waals surface area (Å²) >= 11 is 1.70. The van der Waals surface area contributed by atoms with Gasteiger partial charge in [0.1, 0.15) is 5.70 Å². The number of carbonyl (C=O) groups excluding carboxylic acids is 1. The van der Waals surface area contributed by atoms with Crippen molar-refractivity contribution < 1.29 is 19.4 Å². The van der Waals surface area contributed by atoms with Gasteiger partial charge in [-0.3, -0.25) is 9.69 Å². The zero-order valence-corrected chi connectivity index (χ0v) is 16.4. The van der Waals surface area contributed by atoms with Crippen LogP contribution < -0.4 is 10.6 Å². The highest BCUT2D eigenvalue weighted by molar-refractivity contribution is 8.03. The van der Waals surface area contributed by atoms with Gasteiger partial charge in [0.2, 0.25) is 0 Å². The van der Waals surface area contributed by atoms with Gasteiger partial charge >= 0.3 is 5.97 Å². The molecule has 7 nitrogen and oxygen atoms in total. The number of thioether (sulfide) groups is 1. The van der Waals surface area contributed by atoms with Crippen molar-refractivity contribution in [2.75, 3.05) is 19.7 Å². The van der Waals surface area contributed by atoms with Crippen LogP contribution in [-0.4, -0.2) is 70.6 Å². The fourth-order valence-corrected chi connectivity index (χ4v) is 6.97. The molecule has 3 saturated heterocycles. The number of amides is 1. The van der Waals surface area contributed by atoms with Crippen LogP contribution in [0.3, 0.4) is 0 Å². The number of epoxide rings is 1. The van der Waals surface area contributed by atoms with Gasteiger partial charge in [0, 0.05) is 28.2 Å². The minimum absolute atomic E-state index is 0.0396. The first-order valence-electron chi connectivity index (χ1n) is 10.1. The number of nitrogens with one attached hydrogen (secondary N) is 2.